The van der Waals surface area contributed by atoms with Crippen molar-refractivity contribution in [3.63, 3.8) is 0 Å². The zero-order valence-electron chi connectivity index (χ0n) is 11.8. The Kier molecular flexibility index (Phi) is 5.05. The van der Waals surface area contributed by atoms with Crippen LogP contribution in [-0.2, 0) is 12.8 Å². The third kappa shape index (κ3) is 3.99. The van der Waals surface area contributed by atoms with Gasteiger partial charge in [-0.3, -0.25) is 0 Å². The van der Waals surface area contributed by atoms with Gasteiger partial charge in [0.2, 0.25) is 0 Å². The number of hydrogen-bond donors (Lipinski definition) is 1. The average Bonchev–Trinajstić information content (AvgIpc) is 2.41. The van der Waals surface area contributed by atoms with Gasteiger partial charge in [-0.2, -0.15) is 0 Å². The summed E-state index contributed by atoms with van der Waals surface area (Å²) in [4.78, 5) is 0. The lowest BCUT2D eigenvalue weighted by Gasteiger charge is -2.14. The summed E-state index contributed by atoms with van der Waals surface area (Å²) in [6.07, 6.45) is 0.693. The van der Waals surface area contributed by atoms with E-state index in [0.717, 1.165) is 16.9 Å². The van der Waals surface area contributed by atoms with Crippen LogP contribution < -0.4 is 4.74 Å². The Hall–Kier alpha value is -1.51. The molecule has 0 heterocycles. The van der Waals surface area contributed by atoms with Crippen molar-refractivity contribution in [2.45, 2.75) is 25.9 Å². The van der Waals surface area contributed by atoms with Crippen LogP contribution in [0.5, 0.6) is 5.75 Å². The molecular formula is C17H19ClO2. The third-order valence-electron chi connectivity index (χ3n) is 3.29. The van der Waals surface area contributed by atoms with Crippen molar-refractivity contribution in [2.24, 2.45) is 0 Å². The minimum atomic E-state index is -0.454. The summed E-state index contributed by atoms with van der Waals surface area (Å²) >= 11 is 6.00. The Bertz CT molecular complexity index is 564. The molecule has 0 aromatic heterocycles. The van der Waals surface area contributed by atoms with Crippen LogP contribution in [0.2, 0.25) is 5.02 Å². The Morgan fingerprint density at radius 1 is 1.10 bits per heavy atom. The van der Waals surface area contributed by atoms with E-state index in [1.807, 2.05) is 24.3 Å². The van der Waals surface area contributed by atoms with Crippen LogP contribution in [0.15, 0.2) is 42.5 Å². The first-order valence-electron chi connectivity index (χ1n) is 6.64. The molecule has 0 aliphatic heterocycles. The quantitative estimate of drug-likeness (QED) is 0.907. The molecule has 2 aromatic rings. The van der Waals surface area contributed by atoms with Crippen LogP contribution in [0.4, 0.5) is 0 Å². The summed E-state index contributed by atoms with van der Waals surface area (Å²) in [5.41, 5.74) is 3.28. The number of rotatable bonds is 5. The molecule has 0 saturated carbocycles. The maximum atomic E-state index is 10.2. The van der Waals surface area contributed by atoms with Gasteiger partial charge in [-0.25, -0.2) is 0 Å². The lowest BCUT2D eigenvalue weighted by atomic mass is 10.00. The second kappa shape index (κ2) is 6.78. The monoisotopic (exact) mass is 290 g/mol. The molecule has 2 rings (SSSR count). The Balaban J connectivity index is 2.05. The van der Waals surface area contributed by atoms with Crippen molar-refractivity contribution >= 4 is 11.6 Å². The smallest absolute Gasteiger partial charge is 0.122 e. The summed E-state index contributed by atoms with van der Waals surface area (Å²) in [6, 6.07) is 13.7. The van der Waals surface area contributed by atoms with Gasteiger partial charge < -0.3 is 9.84 Å². The number of halogens is 1. The molecule has 0 radical (unpaired) electrons. The lowest BCUT2D eigenvalue weighted by molar-refractivity contribution is 0.174. The molecule has 0 saturated heterocycles. The van der Waals surface area contributed by atoms with Crippen LogP contribution in [0.3, 0.4) is 0 Å². The highest BCUT2D eigenvalue weighted by molar-refractivity contribution is 6.30. The SMILES string of the molecule is COc1ccc(Cl)cc1CC(O)Cc1ccc(C)cc1. The van der Waals surface area contributed by atoms with Gasteiger partial charge in [0.25, 0.3) is 0 Å². The molecule has 1 atom stereocenters. The summed E-state index contributed by atoms with van der Waals surface area (Å²) < 4.78 is 5.30. The summed E-state index contributed by atoms with van der Waals surface area (Å²) in [5.74, 6) is 0.761. The summed E-state index contributed by atoms with van der Waals surface area (Å²) in [5, 5.41) is 10.9. The zero-order valence-corrected chi connectivity index (χ0v) is 12.5. The highest BCUT2D eigenvalue weighted by atomic mass is 35.5. The molecule has 2 aromatic carbocycles. The van der Waals surface area contributed by atoms with E-state index in [2.05, 4.69) is 19.1 Å². The fourth-order valence-corrected chi connectivity index (χ4v) is 2.42. The van der Waals surface area contributed by atoms with Gasteiger partial charge in [0, 0.05) is 11.4 Å². The van der Waals surface area contributed by atoms with Crippen molar-refractivity contribution in [3.8, 4) is 5.75 Å². The van der Waals surface area contributed by atoms with Crippen molar-refractivity contribution < 1.29 is 9.84 Å². The van der Waals surface area contributed by atoms with E-state index in [-0.39, 0.29) is 0 Å². The molecule has 2 nitrogen and oxygen atoms in total. The molecule has 0 amide bonds. The first-order chi connectivity index (χ1) is 9.58. The van der Waals surface area contributed by atoms with Gasteiger partial charge in [-0.15, -0.1) is 0 Å². The van der Waals surface area contributed by atoms with Gasteiger partial charge in [-0.05, 0) is 42.7 Å². The van der Waals surface area contributed by atoms with Gasteiger partial charge in [-0.1, -0.05) is 41.4 Å². The Labute approximate surface area is 125 Å². The molecule has 1 unspecified atom stereocenters. The Morgan fingerprint density at radius 3 is 2.45 bits per heavy atom. The topological polar surface area (TPSA) is 29.5 Å². The first kappa shape index (κ1) is 14.9. The second-order valence-electron chi connectivity index (χ2n) is 5.00. The number of aliphatic hydroxyl groups excluding tert-OH is 1. The van der Waals surface area contributed by atoms with Gasteiger partial charge in [0.1, 0.15) is 5.75 Å². The van der Waals surface area contributed by atoms with Gasteiger partial charge in [0.15, 0.2) is 0 Å². The predicted molar refractivity (Wildman–Crippen MR) is 82.6 cm³/mol. The van der Waals surface area contributed by atoms with Gasteiger partial charge in [0.05, 0.1) is 13.2 Å². The number of aliphatic hydroxyl groups is 1. The zero-order chi connectivity index (χ0) is 14.5. The number of aryl methyl sites for hydroxylation is 1. The van der Waals surface area contributed by atoms with E-state index >= 15 is 0 Å². The number of hydrogen-bond acceptors (Lipinski definition) is 2. The molecule has 20 heavy (non-hydrogen) atoms. The Morgan fingerprint density at radius 2 is 1.80 bits per heavy atom. The third-order valence-corrected chi connectivity index (χ3v) is 3.53. The maximum absolute atomic E-state index is 10.2. The normalized spacial score (nSPS) is 12.2. The number of benzene rings is 2. The van der Waals surface area contributed by atoms with Crippen molar-refractivity contribution in [3.05, 3.63) is 64.2 Å². The maximum Gasteiger partial charge on any atom is 0.122 e. The van der Waals surface area contributed by atoms with E-state index in [1.54, 1.807) is 13.2 Å². The minimum absolute atomic E-state index is 0.454. The lowest BCUT2D eigenvalue weighted by Crippen LogP contribution is -2.14. The molecule has 0 bridgehead atoms. The molecule has 0 aliphatic rings. The fourth-order valence-electron chi connectivity index (χ4n) is 2.23. The first-order valence-corrected chi connectivity index (χ1v) is 7.02. The molecule has 1 N–H and O–H groups in total. The van der Waals surface area contributed by atoms with Crippen LogP contribution >= 0.6 is 11.6 Å². The average molecular weight is 291 g/mol. The summed E-state index contributed by atoms with van der Waals surface area (Å²) in [6.45, 7) is 2.05. The van der Waals surface area contributed by atoms with Gasteiger partial charge >= 0.3 is 0 Å². The largest absolute Gasteiger partial charge is 0.496 e. The predicted octanol–water partition coefficient (Wildman–Crippen LogP) is 3.80. The van der Waals surface area contributed by atoms with E-state index < -0.39 is 6.10 Å². The molecular weight excluding hydrogens is 272 g/mol. The van der Waals surface area contributed by atoms with E-state index in [9.17, 15) is 5.11 Å². The standard InChI is InChI=1S/C17H19ClO2/c1-12-3-5-13(6-4-12)9-16(19)11-14-10-15(18)7-8-17(14)20-2/h3-8,10,16,19H,9,11H2,1-2H3. The summed E-state index contributed by atoms with van der Waals surface area (Å²) in [7, 11) is 1.62. The van der Waals surface area contributed by atoms with Crippen molar-refractivity contribution in [2.75, 3.05) is 7.11 Å². The molecule has 0 fully saturated rings. The van der Waals surface area contributed by atoms with Crippen LogP contribution in [0.25, 0.3) is 0 Å². The van der Waals surface area contributed by atoms with Crippen molar-refractivity contribution in [1.29, 1.82) is 0 Å². The number of ether oxygens (including phenoxy) is 1. The molecule has 3 heteroatoms. The van der Waals surface area contributed by atoms with Crippen LogP contribution in [0, 0.1) is 6.92 Å². The molecule has 0 aliphatic carbocycles. The van der Waals surface area contributed by atoms with E-state index in [4.69, 9.17) is 16.3 Å². The fraction of sp³-hybridized carbons (Fsp3) is 0.294. The van der Waals surface area contributed by atoms with E-state index in [0.29, 0.717) is 17.9 Å². The highest BCUT2D eigenvalue weighted by Gasteiger charge is 2.11. The van der Waals surface area contributed by atoms with Crippen LogP contribution in [0.1, 0.15) is 16.7 Å². The molecule has 0 spiro atoms. The second-order valence-corrected chi connectivity index (χ2v) is 5.44. The highest BCUT2D eigenvalue weighted by Crippen LogP contribution is 2.24. The minimum Gasteiger partial charge on any atom is -0.496 e. The van der Waals surface area contributed by atoms with E-state index in [1.165, 1.54) is 5.56 Å². The van der Waals surface area contributed by atoms with Crippen molar-refractivity contribution in [1.82, 2.24) is 0 Å². The molecule has 106 valence electrons. The van der Waals surface area contributed by atoms with Crippen LogP contribution in [-0.4, -0.2) is 18.3 Å². The number of methoxy groups -OCH3 is 1.